The number of aromatic nitrogens is 9. The molecule has 0 spiro atoms. The van der Waals surface area contributed by atoms with Crippen LogP contribution < -0.4 is 11.3 Å². The molecule has 5 aromatic rings. The molecule has 2 aliphatic rings. The first-order valence-corrected chi connectivity index (χ1v) is 11.6. The summed E-state index contributed by atoms with van der Waals surface area (Å²) in [6.07, 6.45) is 2.19. The topological polar surface area (TPSA) is 146 Å². The van der Waals surface area contributed by atoms with Gasteiger partial charge in [0.15, 0.2) is 0 Å². The fourth-order valence-electron chi connectivity index (χ4n) is 5.06. The van der Waals surface area contributed by atoms with Gasteiger partial charge in [-0.15, -0.1) is 5.10 Å². The smallest absolute Gasteiger partial charge is 0.254 e. The van der Waals surface area contributed by atoms with Gasteiger partial charge in [-0.1, -0.05) is 11.6 Å². The summed E-state index contributed by atoms with van der Waals surface area (Å²) in [6.45, 7) is 0. The molecule has 1 aromatic carbocycles. The monoisotopic (exact) mass is 520 g/mol. The molecule has 37 heavy (non-hydrogen) atoms. The average Bonchev–Trinajstić information content (AvgIpc) is 3.17. The maximum atomic E-state index is 14.9. The van der Waals surface area contributed by atoms with Crippen LogP contribution in [-0.4, -0.2) is 44.7 Å². The van der Waals surface area contributed by atoms with Crippen LogP contribution in [0.25, 0.3) is 28.2 Å². The summed E-state index contributed by atoms with van der Waals surface area (Å²) in [6, 6.07) is 8.63. The van der Waals surface area contributed by atoms with Gasteiger partial charge < -0.3 is 10.7 Å². The Morgan fingerprint density at radius 3 is 2.73 bits per heavy atom. The predicted octanol–water partition coefficient (Wildman–Crippen LogP) is 2.89. The van der Waals surface area contributed by atoms with Crippen LogP contribution in [0.5, 0.6) is 0 Å². The van der Waals surface area contributed by atoms with Crippen LogP contribution in [0, 0.1) is 17.8 Å². The zero-order chi connectivity index (χ0) is 25.4. The van der Waals surface area contributed by atoms with Gasteiger partial charge in [0.05, 0.1) is 23.0 Å². The van der Waals surface area contributed by atoms with Crippen molar-refractivity contribution in [2.75, 3.05) is 5.73 Å². The fourth-order valence-corrected chi connectivity index (χ4v) is 5.23. The van der Waals surface area contributed by atoms with Gasteiger partial charge in [-0.25, -0.2) is 15.0 Å². The van der Waals surface area contributed by atoms with Crippen LogP contribution in [-0.2, 0) is 0 Å². The van der Waals surface area contributed by atoms with E-state index in [1.54, 1.807) is 18.2 Å². The van der Waals surface area contributed by atoms with Crippen LogP contribution >= 0.6 is 11.6 Å². The molecule has 1 fully saturated rings. The average molecular weight is 521 g/mol. The number of hydrogen-bond acceptors (Lipinski definition) is 8. The highest BCUT2D eigenvalue weighted by molar-refractivity contribution is 6.31. The van der Waals surface area contributed by atoms with Crippen LogP contribution in [0.15, 0.2) is 47.5 Å². The Labute approximate surface area is 211 Å². The van der Waals surface area contributed by atoms with Crippen molar-refractivity contribution in [3.05, 3.63) is 81.6 Å². The molecule has 4 aromatic heterocycles. The van der Waals surface area contributed by atoms with Crippen molar-refractivity contribution >= 4 is 17.4 Å². The Kier molecular flexibility index (Phi) is 4.55. The van der Waals surface area contributed by atoms with E-state index in [1.165, 1.54) is 33.8 Å². The number of aromatic amines is 1. The Hall–Kier alpha value is -4.52. The molecule has 184 valence electrons. The van der Waals surface area contributed by atoms with Crippen molar-refractivity contribution < 1.29 is 8.78 Å². The van der Waals surface area contributed by atoms with Gasteiger partial charge in [-0.3, -0.25) is 9.36 Å². The number of imidazole rings is 1. The van der Waals surface area contributed by atoms with Gasteiger partial charge in [-0.05, 0) is 53.1 Å². The van der Waals surface area contributed by atoms with E-state index < -0.39 is 17.9 Å². The molecule has 3 atom stereocenters. The molecule has 0 bridgehead atoms. The summed E-state index contributed by atoms with van der Waals surface area (Å²) >= 11 is 6.25. The summed E-state index contributed by atoms with van der Waals surface area (Å²) in [5.74, 6) is -1.01. The molecule has 0 radical (unpaired) electrons. The van der Waals surface area contributed by atoms with Crippen molar-refractivity contribution in [2.45, 2.75) is 18.4 Å². The number of nitrogens with one attached hydrogen (secondary N) is 1. The number of hydrogen-bond donors (Lipinski definition) is 2. The fraction of sp³-hybridized carbons (Fsp3) is 0.174. The van der Waals surface area contributed by atoms with E-state index in [4.69, 9.17) is 22.3 Å². The molecule has 0 amide bonds. The van der Waals surface area contributed by atoms with E-state index in [9.17, 15) is 13.6 Å². The SMILES string of the molecule is Nc1ccc(-c2nc([C@@H]3[C@H]4C[C@H]4c4nc(-c5cc(Cl)ccc5-n5cnnn5)cc(=O)n43)[nH]c2F)c(F)n1. The van der Waals surface area contributed by atoms with Gasteiger partial charge in [0.2, 0.25) is 11.9 Å². The third-order valence-electron chi connectivity index (χ3n) is 6.75. The number of rotatable bonds is 4. The molecule has 0 unspecified atom stereocenters. The first-order chi connectivity index (χ1) is 17.9. The van der Waals surface area contributed by atoms with E-state index in [0.717, 1.165) is 6.42 Å². The summed E-state index contributed by atoms with van der Waals surface area (Å²) < 4.78 is 32.2. The largest absolute Gasteiger partial charge is 0.384 e. The van der Waals surface area contributed by atoms with Gasteiger partial charge in [0.25, 0.3) is 5.56 Å². The van der Waals surface area contributed by atoms with E-state index in [0.29, 0.717) is 27.8 Å². The van der Waals surface area contributed by atoms with E-state index in [1.807, 2.05) is 0 Å². The summed E-state index contributed by atoms with van der Waals surface area (Å²) in [5, 5.41) is 11.7. The van der Waals surface area contributed by atoms with Crippen molar-refractivity contribution in [3.8, 4) is 28.2 Å². The van der Waals surface area contributed by atoms with Gasteiger partial charge >= 0.3 is 0 Å². The van der Waals surface area contributed by atoms with Crippen molar-refractivity contribution in [1.82, 2.24) is 44.7 Å². The lowest BCUT2D eigenvalue weighted by Crippen LogP contribution is -2.27. The maximum absolute atomic E-state index is 14.9. The van der Waals surface area contributed by atoms with Crippen LogP contribution in [0.4, 0.5) is 14.6 Å². The minimum atomic E-state index is -0.934. The number of anilines is 1. The molecule has 0 saturated heterocycles. The van der Waals surface area contributed by atoms with E-state index in [-0.39, 0.29) is 40.3 Å². The third-order valence-corrected chi connectivity index (χ3v) is 6.98. The lowest BCUT2D eigenvalue weighted by atomic mass is 10.1. The molecular formula is C23H15ClF2N10O. The molecule has 1 saturated carbocycles. The highest BCUT2D eigenvalue weighted by atomic mass is 35.5. The Bertz CT molecular complexity index is 1770. The highest BCUT2D eigenvalue weighted by Crippen LogP contribution is 2.60. The lowest BCUT2D eigenvalue weighted by molar-refractivity contribution is 0.500. The van der Waals surface area contributed by atoms with Crippen molar-refractivity contribution in [2.24, 2.45) is 5.92 Å². The molecule has 14 heteroatoms. The zero-order valence-electron chi connectivity index (χ0n) is 18.7. The number of benzene rings is 1. The first-order valence-electron chi connectivity index (χ1n) is 11.2. The van der Waals surface area contributed by atoms with Crippen molar-refractivity contribution in [3.63, 3.8) is 0 Å². The summed E-state index contributed by atoms with van der Waals surface area (Å²) in [7, 11) is 0. The van der Waals surface area contributed by atoms with Crippen LogP contribution in [0.3, 0.4) is 0 Å². The minimum absolute atomic E-state index is 0.000131. The second-order valence-electron chi connectivity index (χ2n) is 8.93. The number of H-pyrrole nitrogens is 1. The normalized spacial score (nSPS) is 19.6. The van der Waals surface area contributed by atoms with Crippen molar-refractivity contribution in [1.29, 1.82) is 0 Å². The number of halogens is 3. The number of tetrazole rings is 1. The van der Waals surface area contributed by atoms with Crippen LogP contribution in [0.2, 0.25) is 5.02 Å². The zero-order valence-corrected chi connectivity index (χ0v) is 19.4. The quantitative estimate of drug-likeness (QED) is 0.344. The second kappa shape index (κ2) is 7.74. The standard InChI is InChI=1S/C23H15ClF2N10O/c24-9-1-3-15(35-8-28-33-34-35)13(5-9)14-7-17(37)36-19(11-6-12(11)23(36)29-14)22-31-18(21(26)32-22)10-2-4-16(27)30-20(10)25/h1-5,7-8,11-12,19H,6H2,(H2,27,30)(H,31,32)/t11-,12+,19-/m0/s1. The molecular weight excluding hydrogens is 506 g/mol. The second-order valence-corrected chi connectivity index (χ2v) is 9.37. The molecule has 5 heterocycles. The molecule has 11 nitrogen and oxygen atoms in total. The highest BCUT2D eigenvalue weighted by Gasteiger charge is 2.55. The summed E-state index contributed by atoms with van der Waals surface area (Å²) in [5.41, 5.74) is 6.41. The Morgan fingerprint density at radius 2 is 1.95 bits per heavy atom. The molecule has 1 aliphatic carbocycles. The minimum Gasteiger partial charge on any atom is -0.384 e. The third kappa shape index (κ3) is 3.34. The van der Waals surface area contributed by atoms with Gasteiger partial charge in [0, 0.05) is 22.6 Å². The van der Waals surface area contributed by atoms with Gasteiger partial charge in [0.1, 0.15) is 29.5 Å². The predicted molar refractivity (Wildman–Crippen MR) is 127 cm³/mol. The number of nitrogens with two attached hydrogens (primary N) is 1. The molecule has 7 rings (SSSR count). The first kappa shape index (κ1) is 21.7. The number of nitrogen functional groups attached to an aromatic ring is 1. The van der Waals surface area contributed by atoms with E-state index >= 15 is 0 Å². The molecule has 1 aliphatic heterocycles. The number of fused-ring (bicyclic) bond motifs is 3. The van der Waals surface area contributed by atoms with Crippen LogP contribution in [0.1, 0.15) is 30.0 Å². The van der Waals surface area contributed by atoms with Gasteiger partial charge in [-0.2, -0.15) is 13.5 Å². The Balaban J connectivity index is 1.33. The molecule has 3 N–H and O–H groups in total. The number of pyridine rings is 1. The number of nitrogens with zero attached hydrogens (tertiary/aromatic N) is 8. The Morgan fingerprint density at radius 1 is 1.08 bits per heavy atom. The summed E-state index contributed by atoms with van der Waals surface area (Å²) in [4.78, 5) is 28.7. The maximum Gasteiger partial charge on any atom is 0.254 e. The lowest BCUT2D eigenvalue weighted by Gasteiger charge is -2.16. The van der Waals surface area contributed by atoms with E-state index in [2.05, 4.69) is 30.5 Å².